The van der Waals surface area contributed by atoms with Crippen molar-refractivity contribution < 1.29 is 18.7 Å². The summed E-state index contributed by atoms with van der Waals surface area (Å²) in [7, 11) is 3.03. The minimum atomic E-state index is -0.261. The van der Waals surface area contributed by atoms with E-state index in [4.69, 9.17) is 9.47 Å². The Labute approximate surface area is 225 Å². The number of esters is 1. The van der Waals surface area contributed by atoms with Crippen molar-refractivity contribution in [3.8, 4) is 16.9 Å². The van der Waals surface area contributed by atoms with Gasteiger partial charge in [0.15, 0.2) is 0 Å². The van der Waals surface area contributed by atoms with Gasteiger partial charge in [-0.3, -0.25) is 4.79 Å². The highest BCUT2D eigenvalue weighted by atomic mass is 19.1. The van der Waals surface area contributed by atoms with Gasteiger partial charge in [-0.1, -0.05) is 51.1 Å². The van der Waals surface area contributed by atoms with Gasteiger partial charge in [0.2, 0.25) is 0 Å². The number of benzene rings is 3. The fourth-order valence-corrected chi connectivity index (χ4v) is 5.35. The molecule has 0 fully saturated rings. The Morgan fingerprint density at radius 2 is 1.84 bits per heavy atom. The number of rotatable bonds is 10. The maximum atomic E-state index is 15.0. The molecule has 3 aromatic carbocycles. The van der Waals surface area contributed by atoms with Crippen molar-refractivity contribution in [2.75, 3.05) is 19.5 Å². The van der Waals surface area contributed by atoms with Crippen LogP contribution < -0.4 is 10.1 Å². The van der Waals surface area contributed by atoms with Crippen LogP contribution in [0.3, 0.4) is 0 Å². The van der Waals surface area contributed by atoms with Gasteiger partial charge in [0.05, 0.1) is 20.6 Å². The van der Waals surface area contributed by atoms with Gasteiger partial charge in [-0.2, -0.15) is 0 Å². The Hall–Kier alpha value is -3.60. The first kappa shape index (κ1) is 27.4. The molecule has 0 aliphatic heterocycles. The number of halogens is 1. The Bertz CT molecular complexity index is 1330. The zero-order chi connectivity index (χ0) is 27.3. The van der Waals surface area contributed by atoms with Crippen LogP contribution in [0.15, 0.2) is 66.7 Å². The van der Waals surface area contributed by atoms with E-state index in [9.17, 15) is 4.79 Å². The minimum Gasteiger partial charge on any atom is -0.497 e. The molecule has 0 spiro atoms. The van der Waals surface area contributed by atoms with Crippen LogP contribution in [0.1, 0.15) is 69.1 Å². The average molecular weight is 516 g/mol. The van der Waals surface area contributed by atoms with E-state index in [0.717, 1.165) is 47.2 Å². The third kappa shape index (κ3) is 6.09. The lowest BCUT2D eigenvalue weighted by Gasteiger charge is -2.26. The van der Waals surface area contributed by atoms with E-state index >= 15 is 4.39 Å². The third-order valence-corrected chi connectivity index (χ3v) is 7.67. The quantitative estimate of drug-likeness (QED) is 0.276. The fourth-order valence-electron chi connectivity index (χ4n) is 5.35. The molecule has 200 valence electrons. The molecule has 0 bridgehead atoms. The van der Waals surface area contributed by atoms with E-state index < -0.39 is 0 Å². The van der Waals surface area contributed by atoms with Gasteiger partial charge >= 0.3 is 5.97 Å². The number of ether oxygens (including phenoxy) is 2. The summed E-state index contributed by atoms with van der Waals surface area (Å²) < 4.78 is 25.3. The second-order valence-electron chi connectivity index (χ2n) is 10.6. The van der Waals surface area contributed by atoms with Gasteiger partial charge in [-0.15, -0.1) is 0 Å². The molecule has 0 aromatic heterocycles. The van der Waals surface area contributed by atoms with Crippen molar-refractivity contribution in [2.45, 2.75) is 58.9 Å². The third-order valence-electron chi connectivity index (χ3n) is 7.67. The summed E-state index contributed by atoms with van der Waals surface area (Å²) in [6, 6.07) is 19.4. The highest BCUT2D eigenvalue weighted by Crippen LogP contribution is 2.47. The number of carbonyl (C=O) groups excluding carboxylic acids is 1. The molecule has 5 heteroatoms. The average Bonchev–Trinajstić information content (AvgIpc) is 3.29. The van der Waals surface area contributed by atoms with Crippen LogP contribution >= 0.6 is 0 Å². The van der Waals surface area contributed by atoms with E-state index in [-0.39, 0.29) is 23.1 Å². The molecule has 4 rings (SSSR count). The number of hydrogen-bond acceptors (Lipinski definition) is 4. The molecule has 0 unspecified atom stereocenters. The lowest BCUT2D eigenvalue weighted by molar-refractivity contribution is -0.141. The molecule has 0 heterocycles. The number of carbonyl (C=O) groups is 1. The van der Waals surface area contributed by atoms with E-state index in [2.05, 4.69) is 56.4 Å². The number of allylic oxidation sites excluding steroid dienone is 2. The largest absolute Gasteiger partial charge is 0.497 e. The van der Waals surface area contributed by atoms with Crippen molar-refractivity contribution in [1.82, 2.24) is 0 Å². The van der Waals surface area contributed by atoms with Crippen molar-refractivity contribution in [2.24, 2.45) is 5.41 Å². The predicted octanol–water partition coefficient (Wildman–Crippen LogP) is 8.37. The SMILES string of the molecule is CC[C@@H](CC(=O)OC)c1cccc(NCc2ccc(-c3cc(OC)ccc3F)c(C3=CCCC3(C)C)c2)c1. The van der Waals surface area contributed by atoms with Crippen molar-refractivity contribution >= 4 is 17.2 Å². The van der Waals surface area contributed by atoms with E-state index in [1.54, 1.807) is 19.2 Å². The second kappa shape index (κ2) is 11.8. The van der Waals surface area contributed by atoms with Gasteiger partial charge in [-0.05, 0) is 94.8 Å². The molecular formula is C33H38FNO3. The van der Waals surface area contributed by atoms with Crippen molar-refractivity contribution in [1.29, 1.82) is 0 Å². The molecule has 0 saturated carbocycles. The van der Waals surface area contributed by atoms with Gasteiger partial charge in [0.1, 0.15) is 11.6 Å². The van der Waals surface area contributed by atoms with Gasteiger partial charge in [0.25, 0.3) is 0 Å². The Morgan fingerprint density at radius 3 is 2.53 bits per heavy atom. The lowest BCUT2D eigenvalue weighted by Crippen LogP contribution is -2.11. The minimum absolute atomic E-state index is 0.0132. The summed E-state index contributed by atoms with van der Waals surface area (Å²) >= 11 is 0. The molecule has 0 amide bonds. The van der Waals surface area contributed by atoms with Gasteiger partial charge in [-0.25, -0.2) is 4.39 Å². The molecule has 1 N–H and O–H groups in total. The lowest BCUT2D eigenvalue weighted by atomic mass is 9.79. The van der Waals surface area contributed by atoms with Crippen LogP contribution in [-0.4, -0.2) is 20.2 Å². The normalized spacial score (nSPS) is 15.1. The summed E-state index contributed by atoms with van der Waals surface area (Å²) in [5, 5.41) is 3.55. The van der Waals surface area contributed by atoms with Crippen LogP contribution in [0.25, 0.3) is 16.7 Å². The molecule has 4 nitrogen and oxygen atoms in total. The van der Waals surface area contributed by atoms with Crippen LogP contribution in [0.2, 0.25) is 0 Å². The zero-order valence-electron chi connectivity index (χ0n) is 23.1. The number of anilines is 1. The first-order valence-corrected chi connectivity index (χ1v) is 13.3. The maximum Gasteiger partial charge on any atom is 0.306 e. The Balaban J connectivity index is 1.64. The summed E-state index contributed by atoms with van der Waals surface area (Å²) in [6.45, 7) is 7.22. The molecule has 1 aliphatic rings. The molecule has 1 atom stereocenters. The van der Waals surface area contributed by atoms with Crippen LogP contribution in [-0.2, 0) is 16.1 Å². The zero-order valence-corrected chi connectivity index (χ0v) is 23.1. The van der Waals surface area contributed by atoms with Crippen LogP contribution in [0.5, 0.6) is 5.75 Å². The molecule has 1 aliphatic carbocycles. The molecule has 3 aromatic rings. The summed E-state index contributed by atoms with van der Waals surface area (Å²) in [5.74, 6) is 0.294. The second-order valence-corrected chi connectivity index (χ2v) is 10.6. The van der Waals surface area contributed by atoms with Gasteiger partial charge in [0, 0.05) is 17.8 Å². The maximum absolute atomic E-state index is 15.0. The standard InChI is InChI=1S/C33H38FNO3/c1-6-23(19-32(36)38-5)24-9-7-10-25(18-24)35-21-22-12-14-27(29-20-26(37-4)13-15-31(29)34)28(17-22)30-11-8-16-33(30,2)3/h7,9-15,17-18,20,23,35H,6,8,16,19,21H2,1-5H3/t23-/m0/s1. The number of methoxy groups -OCH3 is 2. The van der Waals surface area contributed by atoms with E-state index in [1.165, 1.54) is 18.7 Å². The molecule has 38 heavy (non-hydrogen) atoms. The Kier molecular flexibility index (Phi) is 8.55. The summed E-state index contributed by atoms with van der Waals surface area (Å²) in [4.78, 5) is 11.9. The van der Waals surface area contributed by atoms with E-state index in [0.29, 0.717) is 24.3 Å². The number of nitrogens with one attached hydrogen (secondary N) is 1. The van der Waals surface area contributed by atoms with E-state index in [1.807, 2.05) is 18.2 Å². The molecule has 0 saturated heterocycles. The first-order valence-electron chi connectivity index (χ1n) is 13.3. The fraction of sp³-hybridized carbons (Fsp3) is 0.364. The first-order chi connectivity index (χ1) is 18.2. The van der Waals surface area contributed by atoms with Gasteiger partial charge < -0.3 is 14.8 Å². The predicted molar refractivity (Wildman–Crippen MR) is 153 cm³/mol. The van der Waals surface area contributed by atoms with Crippen LogP contribution in [0.4, 0.5) is 10.1 Å². The topological polar surface area (TPSA) is 47.6 Å². The number of hydrogen-bond donors (Lipinski definition) is 1. The summed E-state index contributed by atoms with van der Waals surface area (Å²) in [5.41, 5.74) is 6.99. The van der Waals surface area contributed by atoms with Crippen molar-refractivity contribution in [3.05, 3.63) is 89.2 Å². The van der Waals surface area contributed by atoms with Crippen LogP contribution in [0, 0.1) is 11.2 Å². The Morgan fingerprint density at radius 1 is 1.03 bits per heavy atom. The summed E-state index contributed by atoms with van der Waals surface area (Å²) in [6.07, 6.45) is 5.61. The highest BCUT2D eigenvalue weighted by Gasteiger charge is 2.30. The smallest absolute Gasteiger partial charge is 0.306 e. The molecular weight excluding hydrogens is 477 g/mol. The molecule has 0 radical (unpaired) electrons. The highest BCUT2D eigenvalue weighted by molar-refractivity contribution is 5.85. The van der Waals surface area contributed by atoms with Crippen molar-refractivity contribution in [3.63, 3.8) is 0 Å². The monoisotopic (exact) mass is 515 g/mol.